The summed E-state index contributed by atoms with van der Waals surface area (Å²) in [5, 5.41) is 0. The molecular formula is H2CuO2Si. The van der Waals surface area contributed by atoms with E-state index in [1.165, 1.54) is 0 Å². The molecule has 0 aromatic carbocycles. The van der Waals surface area contributed by atoms with Gasteiger partial charge in [-0.15, -0.1) is 0 Å². The number of hydrogen-bond acceptors (Lipinski definition) is 1. The normalized spacial score (nSPS) is 1.00. The Bertz CT molecular complexity index is 6.00. The standard InChI is InChI=1S/Cu.H2OSi.O/c;1-2;/h;2H2;/q+2;;-2. The summed E-state index contributed by atoms with van der Waals surface area (Å²) >= 11 is 0. The summed E-state index contributed by atoms with van der Waals surface area (Å²) in [6, 6.07) is 0. The van der Waals surface area contributed by atoms with Crippen molar-refractivity contribution >= 4 is 10.1 Å². The van der Waals surface area contributed by atoms with Gasteiger partial charge in [-0.25, -0.2) is 0 Å². The summed E-state index contributed by atoms with van der Waals surface area (Å²) in [6.45, 7) is 0. The van der Waals surface area contributed by atoms with Gasteiger partial charge in [-0.3, -0.25) is 0 Å². The molecule has 0 heterocycles. The molecular weight excluding hydrogens is 124 g/mol. The summed E-state index contributed by atoms with van der Waals surface area (Å²) < 4.78 is 8.28. The van der Waals surface area contributed by atoms with Crippen LogP contribution in [0, 0.1) is 0 Å². The van der Waals surface area contributed by atoms with Gasteiger partial charge < -0.3 is 9.94 Å². The SMILES string of the molecule is O=[SiH2].[Cu+2].[O-2]. The molecule has 29 valence electrons. The van der Waals surface area contributed by atoms with E-state index in [4.69, 9.17) is 4.46 Å². The molecule has 0 aromatic heterocycles. The summed E-state index contributed by atoms with van der Waals surface area (Å²) in [5.41, 5.74) is 0. The van der Waals surface area contributed by atoms with Crippen molar-refractivity contribution in [3.05, 3.63) is 0 Å². The van der Waals surface area contributed by atoms with Crippen LogP contribution in [0.1, 0.15) is 0 Å². The molecule has 0 atom stereocenters. The summed E-state index contributed by atoms with van der Waals surface area (Å²) in [4.78, 5) is 0. The quantitative estimate of drug-likeness (QED) is 0.377. The van der Waals surface area contributed by atoms with Gasteiger partial charge in [0, 0.05) is 0 Å². The molecule has 4 heteroatoms. The molecule has 0 fully saturated rings. The molecule has 0 aliphatic rings. The Morgan fingerprint density at radius 1 is 1.25 bits per heavy atom. The van der Waals surface area contributed by atoms with Gasteiger partial charge in [0.05, 0.1) is 0 Å². The molecule has 0 unspecified atom stereocenters. The molecule has 4 heavy (non-hydrogen) atoms. The first-order chi connectivity index (χ1) is 1.00. The van der Waals surface area contributed by atoms with Crippen molar-refractivity contribution in [2.45, 2.75) is 0 Å². The van der Waals surface area contributed by atoms with Crippen molar-refractivity contribution in [3.63, 3.8) is 0 Å². The van der Waals surface area contributed by atoms with Crippen molar-refractivity contribution < 1.29 is 27.0 Å². The minimum atomic E-state index is 0. The Hall–Kier alpha value is 0.496. The van der Waals surface area contributed by atoms with E-state index in [2.05, 4.69) is 0 Å². The molecule has 0 aromatic rings. The fraction of sp³-hybridized carbons (Fsp3) is 0. The molecule has 0 saturated heterocycles. The summed E-state index contributed by atoms with van der Waals surface area (Å²) in [6.07, 6.45) is 0. The Kier molecular flexibility index (Phi) is 543. The molecule has 0 aliphatic carbocycles. The number of rotatable bonds is 0. The smallest absolute Gasteiger partial charge is 2.00 e. The topological polar surface area (TPSA) is 45.6 Å². The first kappa shape index (κ1) is 24.5. The minimum Gasteiger partial charge on any atom is -2.00 e. The fourth-order valence-corrected chi connectivity index (χ4v) is 0. The second-order valence-electron chi connectivity index (χ2n) is 0. The van der Waals surface area contributed by atoms with Crippen LogP contribution in [-0.2, 0) is 27.0 Å². The van der Waals surface area contributed by atoms with Gasteiger partial charge >= 0.3 is 17.1 Å². The maximum absolute atomic E-state index is 8.28. The second kappa shape index (κ2) is 88.4. The maximum Gasteiger partial charge on any atom is 2.00 e. The summed E-state index contributed by atoms with van der Waals surface area (Å²) in [7, 11) is 0.611. The molecule has 0 spiro atoms. The van der Waals surface area contributed by atoms with Crippen LogP contribution < -0.4 is 0 Å². The van der Waals surface area contributed by atoms with Gasteiger partial charge in [0.15, 0.2) is 0 Å². The van der Waals surface area contributed by atoms with E-state index in [9.17, 15) is 0 Å². The van der Waals surface area contributed by atoms with E-state index in [0.717, 1.165) is 0 Å². The van der Waals surface area contributed by atoms with E-state index in [0.29, 0.717) is 10.1 Å². The molecule has 0 bridgehead atoms. The van der Waals surface area contributed by atoms with Crippen molar-refractivity contribution in [3.8, 4) is 0 Å². The van der Waals surface area contributed by atoms with E-state index >= 15 is 0 Å². The van der Waals surface area contributed by atoms with Gasteiger partial charge in [-0.1, -0.05) is 0 Å². The van der Waals surface area contributed by atoms with Crippen LogP contribution in [-0.4, -0.2) is 10.1 Å². The Labute approximate surface area is 37.8 Å². The molecule has 0 aliphatic heterocycles. The van der Waals surface area contributed by atoms with Crippen molar-refractivity contribution in [1.29, 1.82) is 0 Å². The third-order valence-electron chi connectivity index (χ3n) is 0. The van der Waals surface area contributed by atoms with Gasteiger partial charge in [0.25, 0.3) is 0 Å². The average Bonchev–Trinajstić information content (AvgIpc) is 1.00. The van der Waals surface area contributed by atoms with Crippen LogP contribution in [0.2, 0.25) is 0 Å². The Morgan fingerprint density at radius 3 is 1.25 bits per heavy atom. The predicted molar refractivity (Wildman–Crippen MR) is 9.92 cm³/mol. The van der Waals surface area contributed by atoms with E-state index < -0.39 is 0 Å². The van der Waals surface area contributed by atoms with E-state index in [1.54, 1.807) is 0 Å². The zero-order valence-corrected chi connectivity index (χ0v) is 4.18. The van der Waals surface area contributed by atoms with Crippen LogP contribution in [0.25, 0.3) is 0 Å². The Morgan fingerprint density at radius 2 is 1.25 bits per heavy atom. The average molecular weight is 126 g/mol. The molecule has 1 radical (unpaired) electrons. The largest absolute Gasteiger partial charge is 2.00 e. The minimum absolute atomic E-state index is 0. The van der Waals surface area contributed by atoms with Crippen molar-refractivity contribution in [2.24, 2.45) is 0 Å². The predicted octanol–water partition coefficient (Wildman–Crippen LogP) is -1.16. The fourth-order valence-electron chi connectivity index (χ4n) is 0. The van der Waals surface area contributed by atoms with Crippen molar-refractivity contribution in [2.75, 3.05) is 0 Å². The third-order valence-corrected chi connectivity index (χ3v) is 0. The maximum atomic E-state index is 8.28. The van der Waals surface area contributed by atoms with E-state index in [1.807, 2.05) is 0 Å². The van der Waals surface area contributed by atoms with Gasteiger partial charge in [-0.2, -0.15) is 0 Å². The van der Waals surface area contributed by atoms with Crippen LogP contribution >= 0.6 is 0 Å². The molecule has 2 nitrogen and oxygen atoms in total. The zero-order valence-electron chi connectivity index (χ0n) is 1.83. The van der Waals surface area contributed by atoms with Crippen molar-refractivity contribution in [1.82, 2.24) is 0 Å². The second-order valence-corrected chi connectivity index (χ2v) is 0. The van der Waals surface area contributed by atoms with Gasteiger partial charge in [0.1, 0.15) is 0 Å². The molecule has 0 rings (SSSR count). The van der Waals surface area contributed by atoms with Crippen LogP contribution in [0.15, 0.2) is 0 Å². The Balaban J connectivity index is -0.00000000500. The first-order valence-electron chi connectivity index (χ1n) is 0.289. The first-order valence-corrected chi connectivity index (χ1v) is 0.866. The molecule has 0 amide bonds. The molecule has 0 N–H and O–H groups in total. The zero-order chi connectivity index (χ0) is 2.00. The van der Waals surface area contributed by atoms with Gasteiger partial charge in [0.2, 0.25) is 10.1 Å². The molecule has 0 saturated carbocycles. The van der Waals surface area contributed by atoms with Crippen LogP contribution in [0.3, 0.4) is 0 Å². The van der Waals surface area contributed by atoms with Gasteiger partial charge in [-0.05, 0) is 0 Å². The monoisotopic (exact) mass is 125 g/mol. The van der Waals surface area contributed by atoms with E-state index in [-0.39, 0.29) is 22.5 Å². The summed E-state index contributed by atoms with van der Waals surface area (Å²) in [5.74, 6) is 0. The van der Waals surface area contributed by atoms with Crippen LogP contribution in [0.5, 0.6) is 0 Å². The third kappa shape index (κ3) is 22.7. The van der Waals surface area contributed by atoms with Crippen LogP contribution in [0.4, 0.5) is 0 Å². The number of hydrogen-bond donors (Lipinski definition) is 0.